The van der Waals surface area contributed by atoms with Crippen LogP contribution in [0.2, 0.25) is 0 Å². The van der Waals surface area contributed by atoms with Crippen LogP contribution in [0, 0.1) is 6.92 Å². The zero-order valence-corrected chi connectivity index (χ0v) is 12.7. The fourth-order valence-electron chi connectivity index (χ4n) is 2.31. The van der Waals surface area contributed by atoms with Gasteiger partial charge in [0.1, 0.15) is 10.7 Å². The molecule has 1 aromatic carbocycles. The maximum Gasteiger partial charge on any atom is 0.210 e. The van der Waals surface area contributed by atoms with E-state index in [2.05, 4.69) is 6.92 Å². The van der Waals surface area contributed by atoms with Crippen molar-refractivity contribution in [1.82, 2.24) is 0 Å². The smallest absolute Gasteiger partial charge is 0.210 e. The molecule has 0 saturated heterocycles. The van der Waals surface area contributed by atoms with E-state index in [-0.39, 0.29) is 0 Å². The molecule has 0 atom stereocenters. The zero-order valence-electron chi connectivity index (χ0n) is 11.9. The summed E-state index contributed by atoms with van der Waals surface area (Å²) in [5, 5.41) is 0. The highest BCUT2D eigenvalue weighted by Crippen LogP contribution is 2.29. The molecule has 0 radical (unpaired) electrons. The summed E-state index contributed by atoms with van der Waals surface area (Å²) in [5.74, 6) is 0.473. The van der Waals surface area contributed by atoms with Crippen molar-refractivity contribution in [3.8, 4) is 0 Å². The predicted octanol–water partition coefficient (Wildman–Crippen LogP) is 4.15. The van der Waals surface area contributed by atoms with Gasteiger partial charge in [0.15, 0.2) is 0 Å². The standard InChI is InChI=1S/C16H20O3S/c1-3-4-6-9-14-12-19-13(2)16(14)20(17,18)15-10-7-5-8-11-15/h5,7-8,10-12H,3-4,6,9H2,1-2H3. The van der Waals surface area contributed by atoms with Crippen molar-refractivity contribution in [2.24, 2.45) is 0 Å². The lowest BCUT2D eigenvalue weighted by atomic mass is 10.1. The van der Waals surface area contributed by atoms with Gasteiger partial charge in [-0.05, 0) is 31.9 Å². The molecule has 0 bridgehead atoms. The van der Waals surface area contributed by atoms with Crippen LogP contribution in [0.1, 0.15) is 37.5 Å². The van der Waals surface area contributed by atoms with Gasteiger partial charge in [-0.15, -0.1) is 0 Å². The van der Waals surface area contributed by atoms with E-state index in [0.717, 1.165) is 31.2 Å². The Hall–Kier alpha value is -1.55. The van der Waals surface area contributed by atoms with Crippen LogP contribution in [0.4, 0.5) is 0 Å². The van der Waals surface area contributed by atoms with Crippen molar-refractivity contribution in [3.05, 3.63) is 47.9 Å². The van der Waals surface area contributed by atoms with Gasteiger partial charge in [0, 0.05) is 5.56 Å². The number of sulfone groups is 1. The Morgan fingerprint density at radius 1 is 1.10 bits per heavy atom. The summed E-state index contributed by atoms with van der Waals surface area (Å²) >= 11 is 0. The largest absolute Gasteiger partial charge is 0.468 e. The molecule has 0 saturated carbocycles. The maximum absolute atomic E-state index is 12.7. The van der Waals surface area contributed by atoms with Gasteiger partial charge in [-0.1, -0.05) is 38.0 Å². The molecule has 108 valence electrons. The van der Waals surface area contributed by atoms with Crippen LogP contribution in [0.5, 0.6) is 0 Å². The molecule has 0 aliphatic carbocycles. The number of rotatable bonds is 6. The molecular formula is C16H20O3S. The lowest BCUT2D eigenvalue weighted by Gasteiger charge is -2.06. The summed E-state index contributed by atoms with van der Waals surface area (Å²) in [6, 6.07) is 8.52. The van der Waals surface area contributed by atoms with Gasteiger partial charge >= 0.3 is 0 Å². The third kappa shape index (κ3) is 2.96. The molecule has 2 rings (SSSR count). The van der Waals surface area contributed by atoms with Crippen molar-refractivity contribution in [1.29, 1.82) is 0 Å². The van der Waals surface area contributed by atoms with Crippen LogP contribution in [0.25, 0.3) is 0 Å². The number of benzene rings is 1. The van der Waals surface area contributed by atoms with Gasteiger partial charge in [-0.2, -0.15) is 0 Å². The summed E-state index contributed by atoms with van der Waals surface area (Å²) < 4.78 is 30.8. The first-order valence-electron chi connectivity index (χ1n) is 6.94. The molecule has 0 N–H and O–H groups in total. The van der Waals surface area contributed by atoms with Crippen LogP contribution in [-0.2, 0) is 16.3 Å². The van der Waals surface area contributed by atoms with E-state index in [1.54, 1.807) is 37.5 Å². The molecule has 4 heteroatoms. The molecule has 0 fully saturated rings. The third-order valence-corrected chi connectivity index (χ3v) is 5.34. The first-order valence-corrected chi connectivity index (χ1v) is 8.42. The number of aryl methyl sites for hydroxylation is 2. The summed E-state index contributed by atoms with van der Waals surface area (Å²) in [4.78, 5) is 0.668. The van der Waals surface area contributed by atoms with E-state index in [4.69, 9.17) is 4.42 Å². The number of unbranched alkanes of at least 4 members (excludes halogenated alkanes) is 2. The lowest BCUT2D eigenvalue weighted by molar-refractivity contribution is 0.521. The van der Waals surface area contributed by atoms with E-state index in [0.29, 0.717) is 15.6 Å². The Kier molecular flexibility index (Phi) is 4.65. The van der Waals surface area contributed by atoms with E-state index < -0.39 is 9.84 Å². The predicted molar refractivity (Wildman–Crippen MR) is 78.6 cm³/mol. The van der Waals surface area contributed by atoms with Crippen molar-refractivity contribution in [3.63, 3.8) is 0 Å². The van der Waals surface area contributed by atoms with Crippen LogP contribution in [-0.4, -0.2) is 8.42 Å². The zero-order chi connectivity index (χ0) is 14.6. The minimum Gasteiger partial charge on any atom is -0.468 e. The Labute approximate surface area is 120 Å². The molecule has 3 nitrogen and oxygen atoms in total. The number of hydrogen-bond acceptors (Lipinski definition) is 3. The van der Waals surface area contributed by atoms with Crippen LogP contribution in [0.3, 0.4) is 0 Å². The second-order valence-corrected chi connectivity index (χ2v) is 6.81. The normalized spacial score (nSPS) is 11.7. The fraction of sp³-hybridized carbons (Fsp3) is 0.375. The highest BCUT2D eigenvalue weighted by Gasteiger charge is 2.25. The highest BCUT2D eigenvalue weighted by atomic mass is 32.2. The Bertz CT molecular complexity index is 654. The van der Waals surface area contributed by atoms with Gasteiger partial charge in [-0.3, -0.25) is 0 Å². The molecule has 0 spiro atoms. The molecule has 0 aliphatic heterocycles. The molecule has 1 aromatic heterocycles. The second kappa shape index (κ2) is 6.27. The summed E-state index contributed by atoms with van der Waals surface area (Å²) in [7, 11) is -3.49. The molecule has 0 unspecified atom stereocenters. The number of furan rings is 1. The Morgan fingerprint density at radius 3 is 2.45 bits per heavy atom. The molecule has 0 amide bonds. The summed E-state index contributed by atoms with van der Waals surface area (Å²) in [6.07, 6.45) is 5.51. The lowest BCUT2D eigenvalue weighted by Crippen LogP contribution is -2.05. The molecule has 1 heterocycles. The van der Waals surface area contributed by atoms with Crippen LogP contribution >= 0.6 is 0 Å². The maximum atomic E-state index is 12.7. The second-order valence-electron chi connectivity index (χ2n) is 4.92. The Balaban J connectivity index is 2.39. The Morgan fingerprint density at radius 2 is 1.80 bits per heavy atom. The van der Waals surface area contributed by atoms with Crippen molar-refractivity contribution < 1.29 is 12.8 Å². The average molecular weight is 292 g/mol. The van der Waals surface area contributed by atoms with Crippen LogP contribution < -0.4 is 0 Å². The van der Waals surface area contributed by atoms with E-state index in [1.807, 2.05) is 6.07 Å². The fourth-order valence-corrected chi connectivity index (χ4v) is 3.98. The van der Waals surface area contributed by atoms with Gasteiger partial charge < -0.3 is 4.42 Å². The topological polar surface area (TPSA) is 47.3 Å². The van der Waals surface area contributed by atoms with Crippen molar-refractivity contribution >= 4 is 9.84 Å². The van der Waals surface area contributed by atoms with Crippen LogP contribution in [0.15, 0.2) is 50.8 Å². The van der Waals surface area contributed by atoms with Crippen molar-refractivity contribution in [2.75, 3.05) is 0 Å². The molecule has 2 aromatic rings. The van der Waals surface area contributed by atoms with Gasteiger partial charge in [0.25, 0.3) is 0 Å². The first-order chi connectivity index (χ1) is 9.57. The van der Waals surface area contributed by atoms with Gasteiger partial charge in [0.2, 0.25) is 9.84 Å². The monoisotopic (exact) mass is 292 g/mol. The minimum atomic E-state index is -3.49. The van der Waals surface area contributed by atoms with Gasteiger partial charge in [0.05, 0.1) is 11.2 Å². The molecule has 0 aliphatic rings. The number of hydrogen-bond donors (Lipinski definition) is 0. The summed E-state index contributed by atoms with van der Waals surface area (Å²) in [5.41, 5.74) is 0.791. The minimum absolute atomic E-state index is 0.321. The quantitative estimate of drug-likeness (QED) is 0.751. The molecule has 20 heavy (non-hydrogen) atoms. The SMILES string of the molecule is CCCCCc1coc(C)c1S(=O)(=O)c1ccccc1. The first kappa shape index (κ1) is 14.9. The third-order valence-electron chi connectivity index (χ3n) is 3.36. The van der Waals surface area contributed by atoms with E-state index in [9.17, 15) is 8.42 Å². The average Bonchev–Trinajstić information content (AvgIpc) is 2.82. The van der Waals surface area contributed by atoms with E-state index >= 15 is 0 Å². The highest BCUT2D eigenvalue weighted by molar-refractivity contribution is 7.91. The summed E-state index contributed by atoms with van der Waals surface area (Å²) in [6.45, 7) is 3.83. The van der Waals surface area contributed by atoms with Crippen molar-refractivity contribution in [2.45, 2.75) is 49.3 Å². The van der Waals surface area contributed by atoms with E-state index in [1.165, 1.54) is 0 Å². The molecular weight excluding hydrogens is 272 g/mol. The van der Waals surface area contributed by atoms with Gasteiger partial charge in [-0.25, -0.2) is 8.42 Å².